The zero-order chi connectivity index (χ0) is 17.6. The molecule has 25 heavy (non-hydrogen) atoms. The van der Waals surface area contributed by atoms with Crippen molar-refractivity contribution in [3.63, 3.8) is 0 Å². The van der Waals surface area contributed by atoms with Crippen LogP contribution in [0, 0.1) is 0 Å². The molecule has 1 amide bonds. The number of aliphatic hydroxyl groups is 1. The van der Waals surface area contributed by atoms with E-state index < -0.39 is 0 Å². The second-order valence-corrected chi connectivity index (χ2v) is 6.10. The molecule has 0 spiro atoms. The summed E-state index contributed by atoms with van der Waals surface area (Å²) in [6.07, 6.45) is 0.974. The lowest BCUT2D eigenvalue weighted by Crippen LogP contribution is -2.27. The summed E-state index contributed by atoms with van der Waals surface area (Å²) in [4.78, 5) is 14.4. The number of aliphatic hydroxyl groups excluding tert-OH is 1. The van der Waals surface area contributed by atoms with E-state index in [1.165, 1.54) is 0 Å². The average molecular weight is 344 g/mol. The average Bonchev–Trinajstić information content (AvgIpc) is 2.93. The molecule has 0 aliphatic carbocycles. The van der Waals surface area contributed by atoms with Crippen LogP contribution in [0.25, 0.3) is 0 Å². The van der Waals surface area contributed by atoms with Gasteiger partial charge in [0, 0.05) is 38.3 Å². The lowest BCUT2D eigenvalue weighted by atomic mass is 10.2. The molecule has 2 heterocycles. The van der Waals surface area contributed by atoms with Gasteiger partial charge in [-0.3, -0.25) is 14.4 Å². The Labute approximate surface area is 147 Å². The third-order valence-corrected chi connectivity index (χ3v) is 4.31. The molecule has 2 aromatic rings. The molecule has 1 aliphatic rings. The van der Waals surface area contributed by atoms with E-state index in [1.807, 2.05) is 28.9 Å². The Kier molecular flexibility index (Phi) is 5.67. The summed E-state index contributed by atoms with van der Waals surface area (Å²) in [7, 11) is 1.69. The molecule has 0 bridgehead atoms. The van der Waals surface area contributed by atoms with Gasteiger partial charge in [-0.2, -0.15) is 5.10 Å². The molecule has 1 aromatic carbocycles. The van der Waals surface area contributed by atoms with E-state index in [4.69, 9.17) is 9.84 Å². The van der Waals surface area contributed by atoms with Crippen molar-refractivity contribution in [1.82, 2.24) is 20.0 Å². The first-order chi connectivity index (χ1) is 12.2. The Morgan fingerprint density at radius 1 is 1.36 bits per heavy atom. The summed E-state index contributed by atoms with van der Waals surface area (Å²) in [5.41, 5.74) is 2.59. The van der Waals surface area contributed by atoms with Crippen LogP contribution in [0.15, 0.2) is 30.3 Å². The molecule has 7 heteroatoms. The first-order valence-corrected chi connectivity index (χ1v) is 8.51. The van der Waals surface area contributed by atoms with Crippen LogP contribution in [0.5, 0.6) is 5.75 Å². The summed E-state index contributed by atoms with van der Waals surface area (Å²) >= 11 is 0. The first kappa shape index (κ1) is 17.4. The van der Waals surface area contributed by atoms with E-state index in [0.717, 1.165) is 49.6 Å². The number of carbonyl (C=O) groups is 1. The molecule has 1 aromatic heterocycles. The van der Waals surface area contributed by atoms with Gasteiger partial charge in [0.05, 0.1) is 19.4 Å². The summed E-state index contributed by atoms with van der Waals surface area (Å²) in [5, 5.41) is 15.9. The van der Waals surface area contributed by atoms with Crippen molar-refractivity contribution in [3.8, 4) is 5.75 Å². The first-order valence-electron chi connectivity index (χ1n) is 8.51. The molecule has 1 aliphatic heterocycles. The fraction of sp³-hybridized carbons (Fsp3) is 0.444. The number of rotatable bonds is 6. The Morgan fingerprint density at radius 3 is 3.00 bits per heavy atom. The number of hydrogen-bond donors (Lipinski definition) is 2. The smallest absolute Gasteiger partial charge is 0.271 e. The Bertz CT molecular complexity index is 729. The third kappa shape index (κ3) is 4.18. The highest BCUT2D eigenvalue weighted by atomic mass is 16.5. The van der Waals surface area contributed by atoms with Gasteiger partial charge < -0.3 is 15.2 Å². The monoisotopic (exact) mass is 344 g/mol. The van der Waals surface area contributed by atoms with Crippen molar-refractivity contribution in [1.29, 1.82) is 0 Å². The minimum atomic E-state index is -0.245. The van der Waals surface area contributed by atoms with Crippen LogP contribution < -0.4 is 10.1 Å². The summed E-state index contributed by atoms with van der Waals surface area (Å²) < 4.78 is 7.36. The Hall–Kier alpha value is -2.38. The van der Waals surface area contributed by atoms with Crippen molar-refractivity contribution in [3.05, 3.63) is 47.3 Å². The number of hydrogen-bond acceptors (Lipinski definition) is 5. The van der Waals surface area contributed by atoms with Gasteiger partial charge in [-0.1, -0.05) is 18.2 Å². The van der Waals surface area contributed by atoms with E-state index in [0.29, 0.717) is 5.69 Å². The van der Waals surface area contributed by atoms with Crippen LogP contribution in [0.2, 0.25) is 0 Å². The van der Waals surface area contributed by atoms with Crippen molar-refractivity contribution >= 4 is 5.91 Å². The van der Waals surface area contributed by atoms with Crippen LogP contribution in [-0.2, 0) is 19.6 Å². The van der Waals surface area contributed by atoms with Crippen molar-refractivity contribution in [2.24, 2.45) is 0 Å². The van der Waals surface area contributed by atoms with Gasteiger partial charge in [0.25, 0.3) is 5.91 Å². The number of fused-ring (bicyclic) bond motifs is 1. The summed E-state index contributed by atoms with van der Waals surface area (Å²) in [6.45, 7) is 3.45. The minimum absolute atomic E-state index is 0.0774. The standard InChI is InChI=1S/C18H24N4O3/c1-25-17-6-3-2-5-14(17)12-21-8-4-9-22-15(13-21)11-16(20-22)18(24)19-7-10-23/h2-3,5-6,11,23H,4,7-10,12-13H2,1H3,(H,19,24). The van der Waals surface area contributed by atoms with Gasteiger partial charge in [-0.05, 0) is 18.6 Å². The fourth-order valence-corrected chi connectivity index (χ4v) is 3.11. The number of aromatic nitrogens is 2. The quantitative estimate of drug-likeness (QED) is 0.818. The van der Waals surface area contributed by atoms with E-state index >= 15 is 0 Å². The topological polar surface area (TPSA) is 79.6 Å². The largest absolute Gasteiger partial charge is 0.496 e. The minimum Gasteiger partial charge on any atom is -0.496 e. The highest BCUT2D eigenvalue weighted by Gasteiger charge is 2.20. The SMILES string of the molecule is COc1ccccc1CN1CCCn2nc(C(=O)NCCO)cc2C1. The van der Waals surface area contributed by atoms with E-state index in [-0.39, 0.29) is 19.1 Å². The van der Waals surface area contributed by atoms with Crippen LogP contribution in [0.4, 0.5) is 0 Å². The van der Waals surface area contributed by atoms with Crippen LogP contribution in [0.1, 0.15) is 28.2 Å². The van der Waals surface area contributed by atoms with Gasteiger partial charge in [0.15, 0.2) is 0 Å². The number of para-hydroxylation sites is 1. The van der Waals surface area contributed by atoms with E-state index in [9.17, 15) is 4.79 Å². The Balaban J connectivity index is 1.72. The maximum Gasteiger partial charge on any atom is 0.271 e. The van der Waals surface area contributed by atoms with Gasteiger partial charge in [0.1, 0.15) is 11.4 Å². The van der Waals surface area contributed by atoms with Crippen LogP contribution in [-0.4, -0.2) is 52.5 Å². The molecule has 2 N–H and O–H groups in total. The van der Waals surface area contributed by atoms with Crippen molar-refractivity contribution in [2.75, 3.05) is 26.8 Å². The zero-order valence-corrected chi connectivity index (χ0v) is 14.4. The van der Waals surface area contributed by atoms with Gasteiger partial charge in [-0.25, -0.2) is 0 Å². The molecule has 134 valence electrons. The third-order valence-electron chi connectivity index (χ3n) is 4.31. The predicted octanol–water partition coefficient (Wildman–Crippen LogP) is 1.02. The number of benzene rings is 1. The maximum atomic E-state index is 12.0. The van der Waals surface area contributed by atoms with Gasteiger partial charge in [-0.15, -0.1) is 0 Å². The lowest BCUT2D eigenvalue weighted by Gasteiger charge is -2.20. The molecule has 3 rings (SSSR count). The van der Waals surface area contributed by atoms with Crippen LogP contribution in [0.3, 0.4) is 0 Å². The number of nitrogens with zero attached hydrogens (tertiary/aromatic N) is 3. The number of nitrogens with one attached hydrogen (secondary N) is 1. The molecular formula is C18H24N4O3. The highest BCUT2D eigenvalue weighted by molar-refractivity contribution is 5.92. The molecule has 0 fully saturated rings. The zero-order valence-electron chi connectivity index (χ0n) is 14.4. The molecule has 0 saturated carbocycles. The second kappa shape index (κ2) is 8.13. The van der Waals surface area contributed by atoms with Crippen molar-refractivity contribution in [2.45, 2.75) is 26.1 Å². The predicted molar refractivity (Wildman–Crippen MR) is 93.4 cm³/mol. The summed E-state index contributed by atoms with van der Waals surface area (Å²) in [5.74, 6) is 0.648. The van der Waals surface area contributed by atoms with Gasteiger partial charge >= 0.3 is 0 Å². The number of aryl methyl sites for hydroxylation is 1. The summed E-state index contributed by atoms with van der Waals surface area (Å²) in [6, 6.07) is 9.88. The molecule has 0 saturated heterocycles. The fourth-order valence-electron chi connectivity index (χ4n) is 3.11. The molecule has 0 radical (unpaired) electrons. The molecule has 7 nitrogen and oxygen atoms in total. The van der Waals surface area contributed by atoms with Crippen LogP contribution >= 0.6 is 0 Å². The molecule has 0 unspecified atom stereocenters. The second-order valence-electron chi connectivity index (χ2n) is 6.10. The maximum absolute atomic E-state index is 12.0. The normalized spacial score (nSPS) is 14.6. The molecule has 0 atom stereocenters. The van der Waals surface area contributed by atoms with Crippen molar-refractivity contribution < 1.29 is 14.6 Å². The Morgan fingerprint density at radius 2 is 2.20 bits per heavy atom. The lowest BCUT2D eigenvalue weighted by molar-refractivity contribution is 0.0939. The van der Waals surface area contributed by atoms with E-state index in [2.05, 4.69) is 21.4 Å². The number of carbonyl (C=O) groups excluding carboxylic acids is 1. The van der Waals surface area contributed by atoms with E-state index in [1.54, 1.807) is 7.11 Å². The number of ether oxygens (including phenoxy) is 1. The highest BCUT2D eigenvalue weighted by Crippen LogP contribution is 2.22. The molecular weight excluding hydrogens is 320 g/mol. The number of methoxy groups -OCH3 is 1. The van der Waals surface area contributed by atoms with Gasteiger partial charge in [0.2, 0.25) is 0 Å². The number of amides is 1.